The Morgan fingerprint density at radius 2 is 1.85 bits per heavy atom. The van der Waals surface area contributed by atoms with Crippen LogP contribution in [0.25, 0.3) is 0 Å². The second kappa shape index (κ2) is 7.95. The minimum Gasteiger partial charge on any atom is -0.455 e. The monoisotopic (exact) mass is 436 g/mol. The summed E-state index contributed by atoms with van der Waals surface area (Å²) in [7, 11) is -3.64. The number of amides is 1. The van der Waals surface area contributed by atoms with Crippen molar-refractivity contribution in [1.29, 1.82) is 0 Å². The zero-order chi connectivity index (χ0) is 20.5. The van der Waals surface area contributed by atoms with Gasteiger partial charge in [-0.3, -0.25) is 9.59 Å². The first-order valence-electron chi connectivity index (χ1n) is 8.43. The number of anilines is 1. The molecule has 1 aliphatic carbocycles. The number of hydrogen-bond acceptors (Lipinski definition) is 5. The summed E-state index contributed by atoms with van der Waals surface area (Å²) in [5.74, 6) is -1.25. The second-order valence-electron chi connectivity index (χ2n) is 6.45. The Kier molecular flexibility index (Phi) is 6.46. The number of ether oxygens (including phenoxy) is 1. The SMILES string of the molecule is CCN(CC)S(=O)(=O)c1cccc(NC(=O)COC(=O)C2(C)CC2(Cl)Cl)c1. The van der Waals surface area contributed by atoms with E-state index in [1.54, 1.807) is 26.8 Å². The number of hydrogen-bond donors (Lipinski definition) is 1. The zero-order valence-corrected chi connectivity index (χ0v) is 17.6. The summed E-state index contributed by atoms with van der Waals surface area (Å²) in [5.41, 5.74) is -0.736. The van der Waals surface area contributed by atoms with Crippen LogP contribution in [-0.4, -0.2) is 48.6 Å². The number of nitrogens with one attached hydrogen (secondary N) is 1. The van der Waals surface area contributed by atoms with Crippen molar-refractivity contribution in [3.05, 3.63) is 24.3 Å². The Morgan fingerprint density at radius 3 is 2.37 bits per heavy atom. The van der Waals surface area contributed by atoms with Crippen molar-refractivity contribution < 1.29 is 22.7 Å². The normalized spacial score (nSPS) is 21.0. The van der Waals surface area contributed by atoms with Gasteiger partial charge in [-0.15, -0.1) is 23.2 Å². The lowest BCUT2D eigenvalue weighted by molar-refractivity contribution is -0.152. The molecule has 1 aromatic carbocycles. The van der Waals surface area contributed by atoms with Crippen molar-refractivity contribution in [3.8, 4) is 0 Å². The van der Waals surface area contributed by atoms with E-state index in [2.05, 4.69) is 5.32 Å². The van der Waals surface area contributed by atoms with E-state index < -0.39 is 38.3 Å². The Morgan fingerprint density at radius 1 is 1.26 bits per heavy atom. The Hall–Kier alpha value is -1.35. The molecule has 1 N–H and O–H groups in total. The van der Waals surface area contributed by atoms with Gasteiger partial charge < -0.3 is 10.1 Å². The molecular weight excluding hydrogens is 415 g/mol. The molecule has 1 amide bonds. The molecule has 0 heterocycles. The van der Waals surface area contributed by atoms with Gasteiger partial charge in [-0.2, -0.15) is 4.31 Å². The molecule has 0 aromatic heterocycles. The topological polar surface area (TPSA) is 92.8 Å². The van der Waals surface area contributed by atoms with Crippen LogP contribution in [0, 0.1) is 5.41 Å². The first kappa shape index (κ1) is 21.9. The summed E-state index contributed by atoms with van der Waals surface area (Å²) < 4.78 is 30.2. The van der Waals surface area contributed by atoms with E-state index in [0.717, 1.165) is 0 Å². The molecule has 1 atom stereocenters. The van der Waals surface area contributed by atoms with Crippen LogP contribution < -0.4 is 5.32 Å². The molecule has 1 saturated carbocycles. The molecule has 1 fully saturated rings. The summed E-state index contributed by atoms with van der Waals surface area (Å²) in [4.78, 5) is 24.1. The molecule has 0 saturated heterocycles. The minimum absolute atomic E-state index is 0.0700. The summed E-state index contributed by atoms with van der Waals surface area (Å²) in [6, 6.07) is 5.89. The van der Waals surface area contributed by atoms with Crippen LogP contribution in [0.3, 0.4) is 0 Å². The molecule has 2 rings (SSSR count). The maximum atomic E-state index is 12.5. The summed E-state index contributed by atoms with van der Waals surface area (Å²) in [6.45, 7) is 5.22. The van der Waals surface area contributed by atoms with Gasteiger partial charge in [-0.25, -0.2) is 8.42 Å². The number of nitrogens with zero attached hydrogens (tertiary/aromatic N) is 1. The molecule has 0 bridgehead atoms. The molecule has 0 aliphatic heterocycles. The Balaban J connectivity index is 2.00. The van der Waals surface area contributed by atoms with Gasteiger partial charge in [0.15, 0.2) is 6.61 Å². The lowest BCUT2D eigenvalue weighted by Gasteiger charge is -2.19. The van der Waals surface area contributed by atoms with Crippen LogP contribution in [0.4, 0.5) is 5.69 Å². The maximum absolute atomic E-state index is 12.5. The summed E-state index contributed by atoms with van der Waals surface area (Å²) in [5, 5.41) is 2.51. The van der Waals surface area contributed by atoms with Gasteiger partial charge in [0.05, 0.1) is 4.90 Å². The molecule has 10 heteroatoms. The lowest BCUT2D eigenvalue weighted by atomic mass is 10.1. The van der Waals surface area contributed by atoms with Gasteiger partial charge >= 0.3 is 5.97 Å². The quantitative estimate of drug-likeness (QED) is 0.499. The molecule has 0 spiro atoms. The first-order valence-corrected chi connectivity index (χ1v) is 10.6. The average molecular weight is 437 g/mol. The van der Waals surface area contributed by atoms with Crippen LogP contribution in [0.1, 0.15) is 27.2 Å². The molecule has 1 aromatic rings. The van der Waals surface area contributed by atoms with Crippen molar-refractivity contribution in [2.75, 3.05) is 25.0 Å². The number of carbonyl (C=O) groups excluding carboxylic acids is 2. The number of benzene rings is 1. The van der Waals surface area contributed by atoms with Crippen molar-refractivity contribution in [3.63, 3.8) is 0 Å². The third kappa shape index (κ3) is 4.56. The Bertz CT molecular complexity index is 839. The van der Waals surface area contributed by atoms with Crippen molar-refractivity contribution >= 4 is 50.8 Å². The lowest BCUT2D eigenvalue weighted by Crippen LogP contribution is -2.30. The number of alkyl halides is 2. The van der Waals surface area contributed by atoms with Gasteiger partial charge in [0.1, 0.15) is 9.75 Å². The van der Waals surface area contributed by atoms with E-state index in [1.807, 2.05) is 0 Å². The van der Waals surface area contributed by atoms with Crippen LogP contribution in [0.2, 0.25) is 0 Å². The summed E-state index contributed by atoms with van der Waals surface area (Å²) in [6.07, 6.45) is 0.259. The van der Waals surface area contributed by atoms with Gasteiger partial charge in [-0.05, 0) is 25.1 Å². The van der Waals surface area contributed by atoms with Gasteiger partial charge in [-0.1, -0.05) is 19.9 Å². The first-order chi connectivity index (χ1) is 12.5. The van der Waals surface area contributed by atoms with E-state index in [9.17, 15) is 18.0 Å². The highest BCUT2D eigenvalue weighted by Gasteiger charge is 2.69. The van der Waals surface area contributed by atoms with Gasteiger partial charge in [0.2, 0.25) is 10.0 Å². The number of carbonyl (C=O) groups is 2. The van der Waals surface area contributed by atoms with E-state index in [4.69, 9.17) is 27.9 Å². The van der Waals surface area contributed by atoms with Crippen molar-refractivity contribution in [2.24, 2.45) is 5.41 Å². The smallest absolute Gasteiger partial charge is 0.315 e. The molecule has 150 valence electrons. The molecule has 0 radical (unpaired) electrons. The van der Waals surface area contributed by atoms with E-state index in [0.29, 0.717) is 13.1 Å². The molecule has 1 unspecified atom stereocenters. The number of rotatable bonds is 8. The molecule has 27 heavy (non-hydrogen) atoms. The fraction of sp³-hybridized carbons (Fsp3) is 0.529. The molecular formula is C17H22Cl2N2O5S. The zero-order valence-electron chi connectivity index (χ0n) is 15.3. The van der Waals surface area contributed by atoms with Crippen LogP contribution >= 0.6 is 23.2 Å². The van der Waals surface area contributed by atoms with E-state index in [-0.39, 0.29) is 17.0 Å². The van der Waals surface area contributed by atoms with Crippen LogP contribution in [0.15, 0.2) is 29.2 Å². The molecule has 7 nitrogen and oxygen atoms in total. The van der Waals surface area contributed by atoms with Crippen molar-refractivity contribution in [2.45, 2.75) is 36.4 Å². The van der Waals surface area contributed by atoms with Crippen LogP contribution in [-0.2, 0) is 24.3 Å². The number of esters is 1. The maximum Gasteiger partial charge on any atom is 0.315 e. The van der Waals surface area contributed by atoms with E-state index >= 15 is 0 Å². The predicted molar refractivity (Wildman–Crippen MR) is 103 cm³/mol. The fourth-order valence-corrected chi connectivity index (χ4v) is 4.75. The average Bonchev–Trinajstić information content (AvgIpc) is 3.13. The third-order valence-electron chi connectivity index (χ3n) is 4.50. The standard InChI is InChI=1S/C17H22Cl2N2O5S/c1-4-21(5-2)27(24,25)13-8-6-7-12(9-13)20-14(22)10-26-15(23)16(3)11-17(16,18)19/h6-9H,4-5,10-11H2,1-3H3,(H,20,22). The van der Waals surface area contributed by atoms with E-state index in [1.165, 1.54) is 22.5 Å². The molecule has 1 aliphatic rings. The summed E-state index contributed by atoms with van der Waals surface area (Å²) >= 11 is 11.8. The fourth-order valence-electron chi connectivity index (χ4n) is 2.56. The van der Waals surface area contributed by atoms with Crippen LogP contribution in [0.5, 0.6) is 0 Å². The number of halogens is 2. The van der Waals surface area contributed by atoms with Crippen molar-refractivity contribution in [1.82, 2.24) is 4.31 Å². The largest absolute Gasteiger partial charge is 0.455 e. The highest BCUT2D eigenvalue weighted by molar-refractivity contribution is 7.89. The minimum atomic E-state index is -3.64. The number of sulfonamides is 1. The van der Waals surface area contributed by atoms with Gasteiger partial charge in [0, 0.05) is 25.2 Å². The van der Waals surface area contributed by atoms with Gasteiger partial charge in [0.25, 0.3) is 5.91 Å². The predicted octanol–water partition coefficient (Wildman–Crippen LogP) is 2.78. The Labute approximate surface area is 169 Å². The second-order valence-corrected chi connectivity index (χ2v) is 9.88. The third-order valence-corrected chi connectivity index (χ3v) is 7.65. The highest BCUT2D eigenvalue weighted by Crippen LogP contribution is 2.64. The highest BCUT2D eigenvalue weighted by atomic mass is 35.5.